The first-order chi connectivity index (χ1) is 9.22. The van der Waals surface area contributed by atoms with Crippen molar-refractivity contribution in [3.63, 3.8) is 0 Å². The first-order valence-electron chi connectivity index (χ1n) is 7.00. The molecule has 0 spiro atoms. The molecule has 1 aromatic carbocycles. The van der Waals surface area contributed by atoms with E-state index in [0.29, 0.717) is 6.04 Å². The summed E-state index contributed by atoms with van der Waals surface area (Å²) < 4.78 is 5.82. The third kappa shape index (κ3) is 4.09. The van der Waals surface area contributed by atoms with Gasteiger partial charge in [0.15, 0.2) is 0 Å². The lowest BCUT2D eigenvalue weighted by atomic mass is 9.99. The number of benzene rings is 1. The first kappa shape index (κ1) is 15.1. The molecule has 1 saturated heterocycles. The second-order valence-electron chi connectivity index (χ2n) is 5.02. The molecule has 1 aliphatic heterocycles. The number of nitrogens with one attached hydrogen (secondary N) is 1. The molecule has 1 aromatic rings. The largest absolute Gasteiger partial charge is 0.377 e. The van der Waals surface area contributed by atoms with Crippen LogP contribution in [0.5, 0.6) is 0 Å². The van der Waals surface area contributed by atoms with Gasteiger partial charge in [0.1, 0.15) is 0 Å². The Labute approximate surface area is 125 Å². The molecule has 2 atom stereocenters. The van der Waals surface area contributed by atoms with E-state index in [1.807, 2.05) is 18.2 Å². The van der Waals surface area contributed by atoms with Crippen molar-refractivity contribution in [3.8, 4) is 0 Å². The van der Waals surface area contributed by atoms with E-state index in [1.54, 1.807) is 0 Å². The number of hydrogen-bond acceptors (Lipinski definition) is 2. The van der Waals surface area contributed by atoms with Gasteiger partial charge in [-0.25, -0.2) is 0 Å². The van der Waals surface area contributed by atoms with Crippen LogP contribution in [0.1, 0.15) is 31.7 Å². The van der Waals surface area contributed by atoms with Crippen molar-refractivity contribution in [2.75, 3.05) is 13.2 Å². The van der Waals surface area contributed by atoms with Gasteiger partial charge in [0.2, 0.25) is 0 Å². The van der Waals surface area contributed by atoms with Gasteiger partial charge in [0.25, 0.3) is 0 Å². The molecule has 0 aliphatic carbocycles. The Kier molecular flexibility index (Phi) is 5.96. The van der Waals surface area contributed by atoms with Gasteiger partial charge >= 0.3 is 0 Å². The number of halogens is 2. The maximum atomic E-state index is 6.26. The van der Waals surface area contributed by atoms with Crippen LogP contribution in [0.15, 0.2) is 18.2 Å². The standard InChI is InChI=1S/C15H21Cl2NO/c1-2-8-18-14(15-7-4-9-19-15)10-11-12(16)5-3-6-13(11)17/h3,5-6,14-15,18H,2,4,7-10H2,1H3. The van der Waals surface area contributed by atoms with Crippen LogP contribution in [0.25, 0.3) is 0 Å². The van der Waals surface area contributed by atoms with Crippen molar-refractivity contribution in [1.29, 1.82) is 0 Å². The van der Waals surface area contributed by atoms with Crippen molar-refractivity contribution in [1.82, 2.24) is 5.32 Å². The average molecular weight is 302 g/mol. The molecule has 0 radical (unpaired) electrons. The zero-order valence-corrected chi connectivity index (χ0v) is 12.8. The van der Waals surface area contributed by atoms with Gasteiger partial charge in [-0.3, -0.25) is 0 Å². The van der Waals surface area contributed by atoms with Crippen molar-refractivity contribution >= 4 is 23.2 Å². The van der Waals surface area contributed by atoms with E-state index >= 15 is 0 Å². The summed E-state index contributed by atoms with van der Waals surface area (Å²) in [6.45, 7) is 4.03. The zero-order chi connectivity index (χ0) is 13.7. The van der Waals surface area contributed by atoms with Crippen molar-refractivity contribution in [2.24, 2.45) is 0 Å². The highest BCUT2D eigenvalue weighted by Crippen LogP contribution is 2.28. The Morgan fingerprint density at radius 3 is 2.68 bits per heavy atom. The van der Waals surface area contributed by atoms with E-state index in [-0.39, 0.29) is 6.10 Å². The zero-order valence-electron chi connectivity index (χ0n) is 11.3. The van der Waals surface area contributed by atoms with Crippen LogP contribution in [0.3, 0.4) is 0 Å². The molecule has 1 N–H and O–H groups in total. The normalized spacial score (nSPS) is 20.7. The molecule has 1 heterocycles. The fraction of sp³-hybridized carbons (Fsp3) is 0.600. The van der Waals surface area contributed by atoms with Crippen molar-refractivity contribution in [2.45, 2.75) is 44.8 Å². The van der Waals surface area contributed by atoms with Crippen molar-refractivity contribution in [3.05, 3.63) is 33.8 Å². The highest BCUT2D eigenvalue weighted by Gasteiger charge is 2.26. The molecule has 1 aliphatic rings. The fourth-order valence-electron chi connectivity index (χ4n) is 2.53. The Balaban J connectivity index is 2.10. The lowest BCUT2D eigenvalue weighted by molar-refractivity contribution is 0.0784. The van der Waals surface area contributed by atoms with E-state index in [9.17, 15) is 0 Å². The second-order valence-corrected chi connectivity index (χ2v) is 5.83. The molecule has 106 valence electrons. The Hall–Kier alpha value is -0.280. The molecule has 0 amide bonds. The fourth-order valence-corrected chi connectivity index (χ4v) is 3.08. The van der Waals surface area contributed by atoms with Crippen LogP contribution in [0.2, 0.25) is 10.0 Å². The third-order valence-electron chi connectivity index (χ3n) is 3.56. The van der Waals surface area contributed by atoms with Crippen LogP contribution in [0.4, 0.5) is 0 Å². The second kappa shape index (κ2) is 7.49. The van der Waals surface area contributed by atoms with Gasteiger partial charge in [0.05, 0.1) is 6.10 Å². The molecule has 0 saturated carbocycles. The van der Waals surface area contributed by atoms with Crippen LogP contribution in [-0.4, -0.2) is 25.3 Å². The highest BCUT2D eigenvalue weighted by molar-refractivity contribution is 6.36. The molecule has 2 rings (SSSR count). The minimum atomic E-state index is 0.277. The third-order valence-corrected chi connectivity index (χ3v) is 4.26. The van der Waals surface area contributed by atoms with E-state index in [4.69, 9.17) is 27.9 Å². The van der Waals surface area contributed by atoms with Crippen LogP contribution in [-0.2, 0) is 11.2 Å². The summed E-state index contributed by atoms with van der Waals surface area (Å²) in [7, 11) is 0. The summed E-state index contributed by atoms with van der Waals surface area (Å²) in [5.74, 6) is 0. The Morgan fingerprint density at radius 2 is 2.11 bits per heavy atom. The maximum absolute atomic E-state index is 6.26. The van der Waals surface area contributed by atoms with Gasteiger partial charge in [-0.05, 0) is 49.9 Å². The summed E-state index contributed by atoms with van der Waals surface area (Å²) >= 11 is 12.5. The minimum absolute atomic E-state index is 0.277. The van der Waals surface area contributed by atoms with Gasteiger partial charge < -0.3 is 10.1 Å². The smallest absolute Gasteiger partial charge is 0.0732 e. The maximum Gasteiger partial charge on any atom is 0.0732 e. The Bertz CT molecular complexity index is 385. The predicted octanol–water partition coefficient (Wildman–Crippen LogP) is 4.08. The van der Waals surface area contributed by atoms with Crippen LogP contribution < -0.4 is 5.32 Å². The monoisotopic (exact) mass is 301 g/mol. The molecule has 0 bridgehead atoms. The van der Waals surface area contributed by atoms with Gasteiger partial charge in [-0.2, -0.15) is 0 Å². The molecule has 2 unspecified atom stereocenters. The minimum Gasteiger partial charge on any atom is -0.377 e. The average Bonchev–Trinajstić information content (AvgIpc) is 2.91. The summed E-state index contributed by atoms with van der Waals surface area (Å²) in [5, 5.41) is 5.06. The molecule has 1 fully saturated rings. The van der Waals surface area contributed by atoms with Gasteiger partial charge in [-0.1, -0.05) is 36.2 Å². The van der Waals surface area contributed by atoms with Gasteiger partial charge in [0, 0.05) is 22.7 Å². The molecule has 19 heavy (non-hydrogen) atoms. The quantitative estimate of drug-likeness (QED) is 0.855. The lowest BCUT2D eigenvalue weighted by Crippen LogP contribution is -2.41. The van der Waals surface area contributed by atoms with E-state index < -0.39 is 0 Å². The topological polar surface area (TPSA) is 21.3 Å². The van der Waals surface area contributed by atoms with E-state index in [1.165, 1.54) is 0 Å². The van der Waals surface area contributed by atoms with E-state index in [2.05, 4.69) is 12.2 Å². The van der Waals surface area contributed by atoms with Crippen LogP contribution in [0, 0.1) is 0 Å². The van der Waals surface area contributed by atoms with E-state index in [0.717, 1.165) is 54.4 Å². The summed E-state index contributed by atoms with van der Waals surface area (Å²) in [4.78, 5) is 0. The number of ether oxygens (including phenoxy) is 1. The van der Waals surface area contributed by atoms with Crippen LogP contribution >= 0.6 is 23.2 Å². The summed E-state index contributed by atoms with van der Waals surface area (Å²) in [6, 6.07) is 5.97. The molecule has 0 aromatic heterocycles. The molecule has 2 nitrogen and oxygen atoms in total. The molecule has 4 heteroatoms. The number of rotatable bonds is 6. The Morgan fingerprint density at radius 1 is 1.37 bits per heavy atom. The predicted molar refractivity (Wildman–Crippen MR) is 81.2 cm³/mol. The first-order valence-corrected chi connectivity index (χ1v) is 7.76. The van der Waals surface area contributed by atoms with Gasteiger partial charge in [-0.15, -0.1) is 0 Å². The van der Waals surface area contributed by atoms with Crippen molar-refractivity contribution < 1.29 is 4.74 Å². The highest BCUT2D eigenvalue weighted by atomic mass is 35.5. The molecular formula is C15H21Cl2NO. The summed E-state index contributed by atoms with van der Waals surface area (Å²) in [5.41, 5.74) is 1.02. The molecular weight excluding hydrogens is 281 g/mol. The lowest BCUT2D eigenvalue weighted by Gasteiger charge is -2.25. The summed E-state index contributed by atoms with van der Waals surface area (Å²) in [6.07, 6.45) is 4.47. The SMILES string of the molecule is CCCNC(Cc1c(Cl)cccc1Cl)C1CCCO1. The number of hydrogen-bond donors (Lipinski definition) is 1.